The predicted molar refractivity (Wildman–Crippen MR) is 70.3 cm³/mol. The van der Waals surface area contributed by atoms with Gasteiger partial charge in [-0.15, -0.1) is 0 Å². The number of ketones is 1. The summed E-state index contributed by atoms with van der Waals surface area (Å²) in [6.07, 6.45) is 1.74. The number of hydrogen-bond donors (Lipinski definition) is 1. The topological polar surface area (TPSA) is 43.1 Å². The van der Waals surface area contributed by atoms with Crippen molar-refractivity contribution in [2.24, 2.45) is 11.7 Å². The van der Waals surface area contributed by atoms with Crippen LogP contribution in [-0.4, -0.2) is 12.3 Å². The monoisotopic (exact) mass is 301 g/mol. The van der Waals surface area contributed by atoms with E-state index in [1.54, 1.807) is 6.07 Å². The third-order valence-corrected chi connectivity index (χ3v) is 3.57. The Morgan fingerprint density at radius 2 is 2.24 bits per heavy atom. The molecule has 0 heterocycles. The second-order valence-corrected chi connectivity index (χ2v) is 5.02. The standard InChI is InChI=1S/C13H17BrFNO/c1-2-9(8-16)5-12(17)6-10-3-4-11(15)7-13(10)14/h3-4,7,9H,2,5-6,8,16H2,1H3. The molecule has 1 aromatic rings. The zero-order valence-electron chi connectivity index (χ0n) is 9.88. The molecule has 2 N–H and O–H groups in total. The molecule has 1 aromatic carbocycles. The van der Waals surface area contributed by atoms with E-state index in [1.807, 2.05) is 6.92 Å². The van der Waals surface area contributed by atoms with Crippen molar-refractivity contribution in [3.63, 3.8) is 0 Å². The molecule has 0 aliphatic heterocycles. The minimum absolute atomic E-state index is 0.148. The van der Waals surface area contributed by atoms with Gasteiger partial charge in [-0.2, -0.15) is 0 Å². The fraction of sp³-hybridized carbons (Fsp3) is 0.462. The Morgan fingerprint density at radius 1 is 1.53 bits per heavy atom. The van der Waals surface area contributed by atoms with Crippen molar-refractivity contribution in [2.45, 2.75) is 26.2 Å². The van der Waals surface area contributed by atoms with Crippen LogP contribution in [0.3, 0.4) is 0 Å². The quantitative estimate of drug-likeness (QED) is 0.877. The summed E-state index contributed by atoms with van der Waals surface area (Å²) >= 11 is 3.26. The van der Waals surface area contributed by atoms with E-state index >= 15 is 0 Å². The number of benzene rings is 1. The molecule has 1 atom stereocenters. The second kappa shape index (κ2) is 6.87. The Kier molecular flexibility index (Phi) is 5.78. The van der Waals surface area contributed by atoms with E-state index in [-0.39, 0.29) is 17.5 Å². The summed E-state index contributed by atoms with van der Waals surface area (Å²) in [6.45, 7) is 2.56. The zero-order valence-corrected chi connectivity index (χ0v) is 11.5. The Balaban J connectivity index is 2.62. The molecule has 2 nitrogen and oxygen atoms in total. The normalized spacial score (nSPS) is 12.5. The second-order valence-electron chi connectivity index (χ2n) is 4.17. The molecule has 0 aromatic heterocycles. The van der Waals surface area contributed by atoms with Gasteiger partial charge in [0.2, 0.25) is 0 Å². The van der Waals surface area contributed by atoms with Crippen LogP contribution in [0, 0.1) is 11.7 Å². The summed E-state index contributed by atoms with van der Waals surface area (Å²) in [4.78, 5) is 11.8. The third kappa shape index (κ3) is 4.56. The van der Waals surface area contributed by atoms with Gasteiger partial charge in [-0.25, -0.2) is 4.39 Å². The highest BCUT2D eigenvalue weighted by molar-refractivity contribution is 9.10. The Hall–Kier alpha value is -0.740. The lowest BCUT2D eigenvalue weighted by Crippen LogP contribution is -2.18. The first-order valence-corrected chi connectivity index (χ1v) is 6.51. The molecule has 1 unspecified atom stereocenters. The number of nitrogens with two attached hydrogens (primary N) is 1. The molecule has 94 valence electrons. The number of Topliss-reactive ketones (excluding diaryl/α,β-unsaturated/α-hetero) is 1. The van der Waals surface area contributed by atoms with Crippen molar-refractivity contribution in [3.8, 4) is 0 Å². The molecule has 0 bridgehead atoms. The average molecular weight is 302 g/mol. The van der Waals surface area contributed by atoms with Crippen LogP contribution in [0.25, 0.3) is 0 Å². The predicted octanol–water partition coefficient (Wildman–Crippen LogP) is 3.07. The van der Waals surface area contributed by atoms with Crippen molar-refractivity contribution < 1.29 is 9.18 Å². The van der Waals surface area contributed by atoms with Gasteiger partial charge in [0, 0.05) is 17.3 Å². The van der Waals surface area contributed by atoms with E-state index < -0.39 is 0 Å². The number of rotatable bonds is 6. The van der Waals surface area contributed by atoms with Gasteiger partial charge in [-0.05, 0) is 30.2 Å². The maximum atomic E-state index is 12.9. The van der Waals surface area contributed by atoms with Crippen LogP contribution in [0.1, 0.15) is 25.3 Å². The lowest BCUT2D eigenvalue weighted by Gasteiger charge is -2.11. The first-order chi connectivity index (χ1) is 8.06. The molecular formula is C13H17BrFNO. The molecule has 0 saturated heterocycles. The first-order valence-electron chi connectivity index (χ1n) is 5.72. The van der Waals surface area contributed by atoms with Gasteiger partial charge in [0.15, 0.2) is 0 Å². The van der Waals surface area contributed by atoms with Gasteiger partial charge in [-0.1, -0.05) is 35.3 Å². The number of halogens is 2. The van der Waals surface area contributed by atoms with Crippen molar-refractivity contribution in [1.29, 1.82) is 0 Å². The summed E-state index contributed by atoms with van der Waals surface area (Å²) in [6, 6.07) is 4.39. The van der Waals surface area contributed by atoms with Gasteiger partial charge in [0.1, 0.15) is 11.6 Å². The largest absolute Gasteiger partial charge is 0.330 e. The lowest BCUT2D eigenvalue weighted by molar-refractivity contribution is -0.119. The Bertz CT molecular complexity index is 391. The maximum absolute atomic E-state index is 12.9. The van der Waals surface area contributed by atoms with Gasteiger partial charge in [-0.3, -0.25) is 4.79 Å². The summed E-state index contributed by atoms with van der Waals surface area (Å²) in [7, 11) is 0. The van der Waals surface area contributed by atoms with Crippen LogP contribution in [0.2, 0.25) is 0 Å². The molecule has 17 heavy (non-hydrogen) atoms. The SMILES string of the molecule is CCC(CN)CC(=O)Cc1ccc(F)cc1Br. The third-order valence-electron chi connectivity index (χ3n) is 2.83. The fourth-order valence-corrected chi connectivity index (χ4v) is 2.16. The average Bonchev–Trinajstić information content (AvgIpc) is 2.29. The number of carbonyl (C=O) groups excluding carboxylic acids is 1. The van der Waals surface area contributed by atoms with E-state index in [2.05, 4.69) is 15.9 Å². The molecule has 0 spiro atoms. The molecular weight excluding hydrogens is 285 g/mol. The first kappa shape index (κ1) is 14.3. The lowest BCUT2D eigenvalue weighted by atomic mass is 9.96. The van der Waals surface area contributed by atoms with Crippen molar-refractivity contribution >= 4 is 21.7 Å². The van der Waals surface area contributed by atoms with Gasteiger partial charge < -0.3 is 5.73 Å². The molecule has 0 saturated carbocycles. The van der Waals surface area contributed by atoms with E-state index in [9.17, 15) is 9.18 Å². The van der Waals surface area contributed by atoms with Crippen LogP contribution < -0.4 is 5.73 Å². The highest BCUT2D eigenvalue weighted by atomic mass is 79.9. The van der Waals surface area contributed by atoms with Gasteiger partial charge >= 0.3 is 0 Å². The van der Waals surface area contributed by atoms with Crippen molar-refractivity contribution in [2.75, 3.05) is 6.54 Å². The Labute approximate surface area is 110 Å². The van der Waals surface area contributed by atoms with Crippen LogP contribution >= 0.6 is 15.9 Å². The van der Waals surface area contributed by atoms with Crippen LogP contribution in [-0.2, 0) is 11.2 Å². The van der Waals surface area contributed by atoms with Gasteiger partial charge in [0.05, 0.1) is 0 Å². The molecule has 0 fully saturated rings. The molecule has 0 aliphatic carbocycles. The molecule has 1 rings (SSSR count). The zero-order chi connectivity index (χ0) is 12.8. The minimum Gasteiger partial charge on any atom is -0.330 e. The van der Waals surface area contributed by atoms with Crippen LogP contribution in [0.4, 0.5) is 4.39 Å². The van der Waals surface area contributed by atoms with Crippen LogP contribution in [0.15, 0.2) is 22.7 Å². The van der Waals surface area contributed by atoms with E-state index in [4.69, 9.17) is 5.73 Å². The van der Waals surface area contributed by atoms with Crippen molar-refractivity contribution in [1.82, 2.24) is 0 Å². The Morgan fingerprint density at radius 3 is 2.76 bits per heavy atom. The van der Waals surface area contributed by atoms with E-state index in [0.29, 0.717) is 23.9 Å². The molecule has 0 aliphatic rings. The van der Waals surface area contributed by atoms with Crippen molar-refractivity contribution in [3.05, 3.63) is 34.1 Å². The van der Waals surface area contributed by atoms with Crippen LogP contribution in [0.5, 0.6) is 0 Å². The van der Waals surface area contributed by atoms with E-state index in [0.717, 1.165) is 12.0 Å². The summed E-state index contributed by atoms with van der Waals surface area (Å²) in [5.74, 6) is 0.0952. The summed E-state index contributed by atoms with van der Waals surface area (Å²) in [5, 5.41) is 0. The smallest absolute Gasteiger partial charge is 0.137 e. The number of hydrogen-bond acceptors (Lipinski definition) is 2. The van der Waals surface area contributed by atoms with Gasteiger partial charge in [0.25, 0.3) is 0 Å². The molecule has 0 amide bonds. The maximum Gasteiger partial charge on any atom is 0.137 e. The summed E-state index contributed by atoms with van der Waals surface area (Å²) in [5.41, 5.74) is 6.39. The summed E-state index contributed by atoms with van der Waals surface area (Å²) < 4.78 is 13.5. The number of carbonyl (C=O) groups is 1. The van der Waals surface area contributed by atoms with E-state index in [1.165, 1.54) is 12.1 Å². The fourth-order valence-electron chi connectivity index (χ4n) is 1.67. The molecule has 0 radical (unpaired) electrons. The highest BCUT2D eigenvalue weighted by Crippen LogP contribution is 2.20. The molecule has 4 heteroatoms. The highest BCUT2D eigenvalue weighted by Gasteiger charge is 2.12. The minimum atomic E-state index is -0.304.